The SMILES string of the molecule is NS(=O)(=O)Nc1ccc(-c2ccc(C(F)(F)F)c(F)c2)cc1. The van der Waals surface area contributed by atoms with Gasteiger partial charge in [0.1, 0.15) is 5.82 Å². The van der Waals surface area contributed by atoms with Crippen molar-refractivity contribution in [3.8, 4) is 11.1 Å². The van der Waals surface area contributed by atoms with Gasteiger partial charge in [-0.25, -0.2) is 9.53 Å². The number of rotatable bonds is 3. The summed E-state index contributed by atoms with van der Waals surface area (Å²) in [5.41, 5.74) is -0.511. The lowest BCUT2D eigenvalue weighted by atomic mass is 10.0. The van der Waals surface area contributed by atoms with E-state index in [2.05, 4.69) is 0 Å². The van der Waals surface area contributed by atoms with Crippen LogP contribution in [0.2, 0.25) is 0 Å². The van der Waals surface area contributed by atoms with Gasteiger partial charge in [0.05, 0.1) is 5.56 Å². The highest BCUT2D eigenvalue weighted by Crippen LogP contribution is 2.33. The van der Waals surface area contributed by atoms with E-state index in [1.807, 2.05) is 4.72 Å². The van der Waals surface area contributed by atoms with Crippen molar-refractivity contribution >= 4 is 15.9 Å². The standard InChI is InChI=1S/C13H10F4N2O2S/c14-12-7-9(3-6-11(12)13(15,16)17)8-1-4-10(5-2-8)19-22(18,20)21/h1-7,19H,(H2,18,20,21). The Kier molecular flexibility index (Phi) is 4.12. The van der Waals surface area contributed by atoms with Crippen molar-refractivity contribution in [2.45, 2.75) is 6.18 Å². The van der Waals surface area contributed by atoms with Crippen LogP contribution in [0.5, 0.6) is 0 Å². The summed E-state index contributed by atoms with van der Waals surface area (Å²) in [6.07, 6.45) is -4.76. The van der Waals surface area contributed by atoms with Gasteiger partial charge in [-0.3, -0.25) is 4.72 Å². The summed E-state index contributed by atoms with van der Waals surface area (Å²) in [6.45, 7) is 0. The molecule has 3 N–H and O–H groups in total. The molecule has 0 amide bonds. The Morgan fingerprint density at radius 3 is 1.95 bits per heavy atom. The van der Waals surface area contributed by atoms with E-state index in [-0.39, 0.29) is 11.3 Å². The van der Waals surface area contributed by atoms with Gasteiger partial charge in [-0.1, -0.05) is 18.2 Å². The van der Waals surface area contributed by atoms with Crippen LogP contribution in [0.15, 0.2) is 42.5 Å². The van der Waals surface area contributed by atoms with E-state index < -0.39 is 27.8 Å². The van der Waals surface area contributed by atoms with Crippen molar-refractivity contribution in [1.29, 1.82) is 0 Å². The minimum atomic E-state index is -4.76. The van der Waals surface area contributed by atoms with Crippen LogP contribution in [0.25, 0.3) is 11.1 Å². The van der Waals surface area contributed by atoms with Crippen LogP contribution in [0.3, 0.4) is 0 Å². The molecule has 0 aliphatic heterocycles. The Morgan fingerprint density at radius 1 is 0.955 bits per heavy atom. The maximum Gasteiger partial charge on any atom is 0.419 e. The van der Waals surface area contributed by atoms with Crippen LogP contribution in [-0.4, -0.2) is 8.42 Å². The zero-order valence-corrected chi connectivity index (χ0v) is 11.7. The van der Waals surface area contributed by atoms with Gasteiger partial charge in [-0.2, -0.15) is 21.6 Å². The second kappa shape index (κ2) is 5.58. The zero-order chi connectivity index (χ0) is 16.5. The highest BCUT2D eigenvalue weighted by molar-refractivity contribution is 7.90. The lowest BCUT2D eigenvalue weighted by Gasteiger charge is -2.10. The first-order chi connectivity index (χ1) is 10.1. The third-order valence-electron chi connectivity index (χ3n) is 2.75. The molecule has 0 saturated carbocycles. The summed E-state index contributed by atoms with van der Waals surface area (Å²) < 4.78 is 74.6. The van der Waals surface area contributed by atoms with Crippen LogP contribution in [0.1, 0.15) is 5.56 Å². The molecular formula is C13H10F4N2O2S. The lowest BCUT2D eigenvalue weighted by Crippen LogP contribution is -2.21. The van der Waals surface area contributed by atoms with Gasteiger partial charge in [-0.15, -0.1) is 0 Å². The van der Waals surface area contributed by atoms with Gasteiger partial charge >= 0.3 is 6.18 Å². The highest BCUT2D eigenvalue weighted by atomic mass is 32.2. The van der Waals surface area contributed by atoms with Crippen LogP contribution in [-0.2, 0) is 16.4 Å². The third kappa shape index (κ3) is 3.95. The van der Waals surface area contributed by atoms with Crippen molar-refractivity contribution < 1.29 is 26.0 Å². The molecule has 0 bridgehead atoms. The third-order valence-corrected chi connectivity index (χ3v) is 3.27. The Bertz CT molecular complexity index is 787. The van der Waals surface area contributed by atoms with E-state index in [4.69, 9.17) is 5.14 Å². The van der Waals surface area contributed by atoms with E-state index in [1.54, 1.807) is 0 Å². The summed E-state index contributed by atoms with van der Waals surface area (Å²) >= 11 is 0. The van der Waals surface area contributed by atoms with Gasteiger partial charge in [0.2, 0.25) is 0 Å². The summed E-state index contributed by atoms with van der Waals surface area (Å²) in [7, 11) is -3.92. The van der Waals surface area contributed by atoms with E-state index in [9.17, 15) is 26.0 Å². The van der Waals surface area contributed by atoms with Crippen molar-refractivity contribution in [3.63, 3.8) is 0 Å². The molecule has 9 heteroatoms. The average molecular weight is 334 g/mol. The van der Waals surface area contributed by atoms with Crippen LogP contribution in [0, 0.1) is 5.82 Å². The molecule has 0 aliphatic rings. The van der Waals surface area contributed by atoms with Crippen molar-refractivity contribution in [3.05, 3.63) is 53.8 Å². The molecule has 2 aromatic rings. The predicted octanol–water partition coefficient (Wildman–Crippen LogP) is 3.13. The first kappa shape index (κ1) is 16.2. The Labute approximate surface area is 123 Å². The Hall–Kier alpha value is -2.13. The number of benzene rings is 2. The second-order valence-electron chi connectivity index (χ2n) is 4.42. The van der Waals surface area contributed by atoms with Gasteiger partial charge < -0.3 is 0 Å². The Morgan fingerprint density at radius 2 is 1.50 bits per heavy atom. The largest absolute Gasteiger partial charge is 0.419 e. The van der Waals surface area contributed by atoms with E-state index in [0.717, 1.165) is 12.1 Å². The molecule has 0 spiro atoms. The number of hydrogen-bond acceptors (Lipinski definition) is 2. The zero-order valence-electron chi connectivity index (χ0n) is 10.9. The molecule has 4 nitrogen and oxygen atoms in total. The fourth-order valence-electron chi connectivity index (χ4n) is 1.82. The molecule has 0 aliphatic carbocycles. The second-order valence-corrected chi connectivity index (χ2v) is 5.71. The van der Waals surface area contributed by atoms with Crippen molar-refractivity contribution in [2.75, 3.05) is 4.72 Å². The molecule has 118 valence electrons. The minimum Gasteiger partial charge on any atom is -0.271 e. The summed E-state index contributed by atoms with van der Waals surface area (Å²) in [5.74, 6) is -1.38. The molecule has 0 atom stereocenters. The maximum absolute atomic E-state index is 13.5. The molecular weight excluding hydrogens is 324 g/mol. The first-order valence-electron chi connectivity index (χ1n) is 5.84. The number of halogens is 4. The molecule has 2 rings (SSSR count). The number of nitrogens with two attached hydrogens (primary N) is 1. The smallest absolute Gasteiger partial charge is 0.271 e. The molecule has 0 radical (unpaired) electrons. The van der Waals surface area contributed by atoms with Gasteiger partial charge in [-0.05, 0) is 35.4 Å². The first-order valence-corrected chi connectivity index (χ1v) is 7.38. The monoisotopic (exact) mass is 334 g/mol. The molecule has 0 heterocycles. The number of nitrogens with one attached hydrogen (secondary N) is 1. The fraction of sp³-hybridized carbons (Fsp3) is 0.0769. The minimum absolute atomic E-state index is 0.179. The number of alkyl halides is 3. The molecule has 22 heavy (non-hydrogen) atoms. The number of anilines is 1. The predicted molar refractivity (Wildman–Crippen MR) is 73.6 cm³/mol. The summed E-state index contributed by atoms with van der Waals surface area (Å²) in [4.78, 5) is 0. The van der Waals surface area contributed by atoms with E-state index in [0.29, 0.717) is 11.6 Å². The van der Waals surface area contributed by atoms with Crippen molar-refractivity contribution in [2.24, 2.45) is 5.14 Å². The maximum atomic E-state index is 13.5. The summed E-state index contributed by atoms with van der Waals surface area (Å²) in [5, 5.41) is 4.80. The summed E-state index contributed by atoms with van der Waals surface area (Å²) in [6, 6.07) is 8.12. The molecule has 0 saturated heterocycles. The Balaban J connectivity index is 2.31. The van der Waals surface area contributed by atoms with Crippen LogP contribution in [0.4, 0.5) is 23.2 Å². The average Bonchev–Trinajstić information content (AvgIpc) is 2.36. The van der Waals surface area contributed by atoms with Gasteiger partial charge in [0.15, 0.2) is 0 Å². The number of hydrogen-bond donors (Lipinski definition) is 2. The van der Waals surface area contributed by atoms with E-state index >= 15 is 0 Å². The fourth-order valence-corrected chi connectivity index (χ4v) is 2.28. The highest BCUT2D eigenvalue weighted by Gasteiger charge is 2.33. The topological polar surface area (TPSA) is 72.2 Å². The van der Waals surface area contributed by atoms with Crippen LogP contribution < -0.4 is 9.86 Å². The quantitative estimate of drug-likeness (QED) is 0.847. The molecule has 2 aromatic carbocycles. The van der Waals surface area contributed by atoms with Gasteiger partial charge in [0, 0.05) is 5.69 Å². The van der Waals surface area contributed by atoms with Crippen LogP contribution >= 0.6 is 0 Å². The molecule has 0 aromatic heterocycles. The van der Waals surface area contributed by atoms with Gasteiger partial charge in [0.25, 0.3) is 10.2 Å². The van der Waals surface area contributed by atoms with Crippen molar-refractivity contribution in [1.82, 2.24) is 0 Å². The normalized spacial score (nSPS) is 12.2. The van der Waals surface area contributed by atoms with E-state index in [1.165, 1.54) is 24.3 Å². The molecule has 0 unspecified atom stereocenters. The molecule has 0 fully saturated rings. The lowest BCUT2D eigenvalue weighted by molar-refractivity contribution is -0.139.